The Balaban J connectivity index is 1.35. The highest BCUT2D eigenvalue weighted by atomic mass is 79.9. The number of benzene rings is 4. The highest BCUT2D eigenvalue weighted by Gasteiger charge is 2.16. The van der Waals surface area contributed by atoms with Crippen molar-refractivity contribution in [2.45, 2.75) is 13.5 Å². The van der Waals surface area contributed by atoms with Crippen LogP contribution < -0.4 is 10.3 Å². The summed E-state index contributed by atoms with van der Waals surface area (Å²) in [7, 11) is 0. The summed E-state index contributed by atoms with van der Waals surface area (Å²) in [5.41, 5.74) is 3.95. The predicted molar refractivity (Wildman–Crippen MR) is 159 cm³/mol. The van der Waals surface area contributed by atoms with E-state index in [2.05, 4.69) is 40.1 Å². The Morgan fingerprint density at radius 3 is 2.67 bits per heavy atom. The molecule has 0 bridgehead atoms. The van der Waals surface area contributed by atoms with Crippen molar-refractivity contribution in [3.05, 3.63) is 128 Å². The Hall–Kier alpha value is -4.20. The molecule has 6 rings (SSSR count). The van der Waals surface area contributed by atoms with E-state index in [9.17, 15) is 4.79 Å². The first-order valence-electron chi connectivity index (χ1n) is 12.2. The number of aryl methyl sites for hydroxylation is 1. The first-order chi connectivity index (χ1) is 18.9. The lowest BCUT2D eigenvalue weighted by molar-refractivity contribution is 0.304. The highest BCUT2D eigenvalue weighted by Crippen LogP contribution is 2.30. The van der Waals surface area contributed by atoms with Gasteiger partial charge in [-0.05, 0) is 88.6 Å². The summed E-state index contributed by atoms with van der Waals surface area (Å²) in [6.07, 6.45) is 1.61. The van der Waals surface area contributed by atoms with Crippen molar-refractivity contribution in [2.24, 2.45) is 5.10 Å². The molecule has 0 aliphatic rings. The number of fused-ring (bicyclic) bond motifs is 2. The molecule has 0 aliphatic heterocycles. The third kappa shape index (κ3) is 5.24. The maximum Gasteiger partial charge on any atom is 0.282 e. The van der Waals surface area contributed by atoms with Crippen LogP contribution in [0.25, 0.3) is 33.5 Å². The molecule has 0 saturated heterocycles. The van der Waals surface area contributed by atoms with E-state index in [1.54, 1.807) is 48.7 Å². The number of hydrogen-bond donors (Lipinski definition) is 0. The summed E-state index contributed by atoms with van der Waals surface area (Å²) >= 11 is 9.75. The van der Waals surface area contributed by atoms with Gasteiger partial charge in [-0.25, -0.2) is 4.98 Å². The quantitative estimate of drug-likeness (QED) is 0.182. The van der Waals surface area contributed by atoms with E-state index < -0.39 is 0 Å². The first-order valence-corrected chi connectivity index (χ1v) is 13.4. The molecule has 0 atom stereocenters. The van der Waals surface area contributed by atoms with Gasteiger partial charge in [-0.15, -0.1) is 0 Å². The number of rotatable bonds is 6. The number of ether oxygens (including phenoxy) is 1. The van der Waals surface area contributed by atoms with Gasteiger partial charge in [0, 0.05) is 10.4 Å². The van der Waals surface area contributed by atoms with E-state index in [0.717, 1.165) is 21.0 Å². The van der Waals surface area contributed by atoms with Crippen molar-refractivity contribution in [1.29, 1.82) is 0 Å². The average Bonchev–Trinajstić information content (AvgIpc) is 3.36. The average molecular weight is 599 g/mol. The molecule has 6 aromatic rings. The Labute approximate surface area is 237 Å². The molecule has 2 aromatic heterocycles. The maximum absolute atomic E-state index is 13.5. The number of halogens is 2. The van der Waals surface area contributed by atoms with Gasteiger partial charge in [0.25, 0.3) is 5.56 Å². The number of para-hydroxylation sites is 1. The van der Waals surface area contributed by atoms with E-state index in [1.165, 1.54) is 10.2 Å². The van der Waals surface area contributed by atoms with E-state index in [4.69, 9.17) is 25.7 Å². The van der Waals surface area contributed by atoms with Crippen molar-refractivity contribution in [3.63, 3.8) is 0 Å². The van der Waals surface area contributed by atoms with E-state index in [0.29, 0.717) is 45.4 Å². The SMILES string of the molecule is Cc1ccc(COc2ccc(C=Nn3c(-c4cc5cc(Cl)ccc5o4)nc4ccccc4c3=O)cc2Br)cc1. The minimum absolute atomic E-state index is 0.291. The van der Waals surface area contributed by atoms with Crippen molar-refractivity contribution in [3.8, 4) is 17.3 Å². The van der Waals surface area contributed by atoms with Crippen LogP contribution in [0.3, 0.4) is 0 Å². The van der Waals surface area contributed by atoms with Gasteiger partial charge in [-0.3, -0.25) is 4.79 Å². The summed E-state index contributed by atoms with van der Waals surface area (Å²) in [5.74, 6) is 1.41. The minimum atomic E-state index is -0.303. The molecule has 0 aliphatic carbocycles. The van der Waals surface area contributed by atoms with Crippen molar-refractivity contribution in [2.75, 3.05) is 0 Å². The fourth-order valence-electron chi connectivity index (χ4n) is 4.20. The van der Waals surface area contributed by atoms with Crippen LogP contribution in [0.15, 0.2) is 110 Å². The van der Waals surface area contributed by atoms with Crippen molar-refractivity contribution in [1.82, 2.24) is 9.66 Å². The van der Waals surface area contributed by atoms with Crippen LogP contribution in [0.4, 0.5) is 0 Å². The molecular formula is C31H21BrClN3O3. The molecule has 39 heavy (non-hydrogen) atoms. The topological polar surface area (TPSA) is 69.6 Å². The van der Waals surface area contributed by atoms with Crippen LogP contribution in [0.5, 0.6) is 5.75 Å². The zero-order chi connectivity index (χ0) is 26.9. The van der Waals surface area contributed by atoms with Gasteiger partial charge in [0.2, 0.25) is 5.82 Å². The Morgan fingerprint density at radius 1 is 1.03 bits per heavy atom. The van der Waals surface area contributed by atoms with Crippen LogP contribution in [-0.4, -0.2) is 15.9 Å². The van der Waals surface area contributed by atoms with Gasteiger partial charge in [0.15, 0.2) is 5.76 Å². The monoisotopic (exact) mass is 597 g/mol. The summed E-state index contributed by atoms with van der Waals surface area (Å²) in [4.78, 5) is 18.2. The standard InChI is InChI=1S/C31H21BrClN3O3/c1-19-6-8-20(9-7-19)18-38-28-12-10-21(14-25(28)32)17-34-36-30(35-26-5-3-2-4-24(26)31(36)37)29-16-22-15-23(33)11-13-27(22)39-29/h2-17H,18H2,1H3. The number of aromatic nitrogens is 2. The normalized spacial score (nSPS) is 11.6. The van der Waals surface area contributed by atoms with Crippen LogP contribution in [0, 0.1) is 6.92 Å². The van der Waals surface area contributed by atoms with Gasteiger partial charge in [-0.2, -0.15) is 9.78 Å². The highest BCUT2D eigenvalue weighted by molar-refractivity contribution is 9.10. The molecule has 0 fully saturated rings. The largest absolute Gasteiger partial charge is 0.488 e. The minimum Gasteiger partial charge on any atom is -0.488 e. The molecule has 0 unspecified atom stereocenters. The van der Waals surface area contributed by atoms with Gasteiger partial charge in [0.1, 0.15) is 17.9 Å². The van der Waals surface area contributed by atoms with E-state index >= 15 is 0 Å². The lowest BCUT2D eigenvalue weighted by Gasteiger charge is -2.09. The molecule has 0 spiro atoms. The second-order valence-electron chi connectivity index (χ2n) is 9.07. The van der Waals surface area contributed by atoms with Gasteiger partial charge in [-0.1, -0.05) is 53.6 Å². The molecule has 0 saturated carbocycles. The Kier molecular flexibility index (Phi) is 6.77. The fraction of sp³-hybridized carbons (Fsp3) is 0.0645. The lowest BCUT2D eigenvalue weighted by Crippen LogP contribution is -2.20. The molecule has 0 amide bonds. The Morgan fingerprint density at radius 2 is 1.85 bits per heavy atom. The van der Waals surface area contributed by atoms with Crippen LogP contribution in [0.2, 0.25) is 5.02 Å². The molecule has 4 aromatic carbocycles. The first kappa shape index (κ1) is 25.1. The van der Waals surface area contributed by atoms with Crippen LogP contribution in [0.1, 0.15) is 16.7 Å². The smallest absolute Gasteiger partial charge is 0.282 e. The molecule has 0 N–H and O–H groups in total. The lowest BCUT2D eigenvalue weighted by atomic mass is 10.2. The van der Waals surface area contributed by atoms with Gasteiger partial charge in [0.05, 0.1) is 21.6 Å². The second kappa shape index (κ2) is 10.5. The predicted octanol–water partition coefficient (Wildman–Crippen LogP) is 8.00. The molecule has 8 heteroatoms. The zero-order valence-electron chi connectivity index (χ0n) is 20.8. The zero-order valence-corrected chi connectivity index (χ0v) is 23.1. The molecule has 2 heterocycles. The third-order valence-corrected chi connectivity index (χ3v) is 7.10. The number of nitrogens with zero attached hydrogens (tertiary/aromatic N) is 3. The summed E-state index contributed by atoms with van der Waals surface area (Å²) in [6.45, 7) is 2.51. The maximum atomic E-state index is 13.5. The van der Waals surface area contributed by atoms with Gasteiger partial charge < -0.3 is 9.15 Å². The fourth-order valence-corrected chi connectivity index (χ4v) is 4.89. The molecule has 0 radical (unpaired) electrons. The third-order valence-electron chi connectivity index (χ3n) is 6.25. The van der Waals surface area contributed by atoms with Crippen LogP contribution in [-0.2, 0) is 6.61 Å². The van der Waals surface area contributed by atoms with Crippen molar-refractivity contribution < 1.29 is 9.15 Å². The number of furan rings is 1. The molecule has 192 valence electrons. The summed E-state index contributed by atoms with van der Waals surface area (Å²) < 4.78 is 14.1. The summed E-state index contributed by atoms with van der Waals surface area (Å²) in [6, 6.07) is 28.2. The Bertz CT molecular complexity index is 1930. The molecular weight excluding hydrogens is 578 g/mol. The van der Waals surface area contributed by atoms with Gasteiger partial charge >= 0.3 is 0 Å². The molecule has 6 nitrogen and oxygen atoms in total. The summed E-state index contributed by atoms with van der Waals surface area (Å²) in [5, 5.41) is 6.39. The van der Waals surface area contributed by atoms with Crippen molar-refractivity contribution >= 4 is 55.6 Å². The number of hydrogen-bond acceptors (Lipinski definition) is 5. The van der Waals surface area contributed by atoms with Crippen LogP contribution >= 0.6 is 27.5 Å². The van der Waals surface area contributed by atoms with E-state index in [1.807, 2.05) is 36.4 Å². The van der Waals surface area contributed by atoms with E-state index in [-0.39, 0.29) is 5.56 Å². The second-order valence-corrected chi connectivity index (χ2v) is 10.4.